The molecule has 0 atom stereocenters. The van der Waals surface area contributed by atoms with Crippen molar-refractivity contribution in [1.29, 1.82) is 0 Å². The Bertz CT molecular complexity index is 867. The highest BCUT2D eigenvalue weighted by atomic mass is 16.5. The van der Waals surface area contributed by atoms with E-state index in [4.69, 9.17) is 14.0 Å². The quantitative estimate of drug-likeness (QED) is 0.770. The van der Waals surface area contributed by atoms with Gasteiger partial charge >= 0.3 is 5.97 Å². The van der Waals surface area contributed by atoms with Gasteiger partial charge in [0.1, 0.15) is 17.2 Å². The molecule has 6 heteroatoms. The van der Waals surface area contributed by atoms with Gasteiger partial charge in [-0.2, -0.15) is 0 Å². The highest BCUT2D eigenvalue weighted by molar-refractivity contribution is 5.98. The number of ether oxygens (including phenoxy) is 2. The second-order valence-corrected chi connectivity index (χ2v) is 5.00. The minimum absolute atomic E-state index is 0.214. The van der Waals surface area contributed by atoms with Crippen molar-refractivity contribution < 1.29 is 23.9 Å². The fraction of sp³-hybridized carbons (Fsp3) is 0.111. The second-order valence-electron chi connectivity index (χ2n) is 5.00. The first-order chi connectivity index (χ1) is 11.6. The topological polar surface area (TPSA) is 81.8 Å². The Morgan fingerprint density at radius 3 is 2.33 bits per heavy atom. The first-order valence-corrected chi connectivity index (χ1v) is 7.16. The number of benzene rings is 2. The number of carboxylic acids is 1. The number of aromatic carboxylic acids is 1. The maximum absolute atomic E-state index is 11.5. The Morgan fingerprint density at radius 1 is 1.00 bits per heavy atom. The van der Waals surface area contributed by atoms with E-state index < -0.39 is 5.97 Å². The van der Waals surface area contributed by atoms with Crippen molar-refractivity contribution in [3.8, 4) is 33.9 Å². The van der Waals surface area contributed by atoms with Gasteiger partial charge in [0, 0.05) is 5.56 Å². The van der Waals surface area contributed by atoms with Gasteiger partial charge in [-0.1, -0.05) is 17.3 Å². The number of hydrogen-bond acceptors (Lipinski definition) is 5. The van der Waals surface area contributed by atoms with Crippen LogP contribution in [-0.4, -0.2) is 30.5 Å². The molecular weight excluding hydrogens is 310 g/mol. The van der Waals surface area contributed by atoms with Crippen LogP contribution in [0.3, 0.4) is 0 Å². The van der Waals surface area contributed by atoms with Crippen molar-refractivity contribution in [2.24, 2.45) is 0 Å². The van der Waals surface area contributed by atoms with E-state index in [9.17, 15) is 9.90 Å². The van der Waals surface area contributed by atoms with Crippen LogP contribution in [0.2, 0.25) is 0 Å². The second kappa shape index (κ2) is 6.45. The van der Waals surface area contributed by atoms with Crippen LogP contribution in [-0.2, 0) is 0 Å². The van der Waals surface area contributed by atoms with E-state index >= 15 is 0 Å². The molecular formula is C18H15NO5. The van der Waals surface area contributed by atoms with Gasteiger partial charge in [0.05, 0.1) is 19.8 Å². The van der Waals surface area contributed by atoms with Gasteiger partial charge in [0.15, 0.2) is 0 Å². The van der Waals surface area contributed by atoms with Crippen LogP contribution in [0.5, 0.6) is 11.5 Å². The monoisotopic (exact) mass is 325 g/mol. The molecule has 0 unspecified atom stereocenters. The summed E-state index contributed by atoms with van der Waals surface area (Å²) in [4.78, 5) is 11.5. The number of aromatic nitrogens is 1. The van der Waals surface area contributed by atoms with Crippen molar-refractivity contribution in [2.75, 3.05) is 14.2 Å². The van der Waals surface area contributed by atoms with Gasteiger partial charge in [-0.25, -0.2) is 4.79 Å². The highest BCUT2D eigenvalue weighted by Gasteiger charge is 2.24. The van der Waals surface area contributed by atoms with E-state index in [-0.39, 0.29) is 5.76 Å². The molecule has 0 amide bonds. The standard InChI is InChI=1S/C18H15NO5/c1-22-13-8-6-11(7-9-13)16-15(17(18(20)21)24-19-16)12-4-3-5-14(10-12)23-2/h3-10H,1-2H3,(H,20,21). The Kier molecular flexibility index (Phi) is 4.20. The summed E-state index contributed by atoms with van der Waals surface area (Å²) in [5, 5.41) is 13.4. The van der Waals surface area contributed by atoms with Crippen LogP contribution in [0, 0.1) is 0 Å². The SMILES string of the molecule is COc1ccc(-c2noc(C(=O)O)c2-c2cccc(OC)c2)cc1. The van der Waals surface area contributed by atoms with Crippen LogP contribution in [0.25, 0.3) is 22.4 Å². The molecule has 0 radical (unpaired) electrons. The molecule has 0 aliphatic carbocycles. The van der Waals surface area contributed by atoms with Crippen LogP contribution in [0.15, 0.2) is 53.1 Å². The van der Waals surface area contributed by atoms with E-state index in [1.54, 1.807) is 62.8 Å². The van der Waals surface area contributed by atoms with Gasteiger partial charge in [0.25, 0.3) is 5.76 Å². The molecule has 0 aliphatic rings. The minimum atomic E-state index is -1.18. The maximum Gasteiger partial charge on any atom is 0.375 e. The Hall–Kier alpha value is -3.28. The molecule has 0 saturated heterocycles. The fourth-order valence-corrected chi connectivity index (χ4v) is 2.43. The molecule has 0 saturated carbocycles. The average molecular weight is 325 g/mol. The van der Waals surface area contributed by atoms with Crippen molar-refractivity contribution in [3.63, 3.8) is 0 Å². The molecule has 1 aromatic heterocycles. The number of carboxylic acid groups (broad SMARTS) is 1. The zero-order valence-electron chi connectivity index (χ0n) is 13.1. The van der Waals surface area contributed by atoms with Gasteiger partial charge < -0.3 is 19.1 Å². The maximum atomic E-state index is 11.5. The largest absolute Gasteiger partial charge is 0.497 e. The van der Waals surface area contributed by atoms with E-state index in [1.165, 1.54) is 0 Å². The van der Waals surface area contributed by atoms with Crippen LogP contribution >= 0.6 is 0 Å². The van der Waals surface area contributed by atoms with Gasteiger partial charge in [0.2, 0.25) is 0 Å². The molecule has 0 bridgehead atoms. The number of hydrogen-bond donors (Lipinski definition) is 1. The van der Waals surface area contributed by atoms with Crippen molar-refractivity contribution in [2.45, 2.75) is 0 Å². The summed E-state index contributed by atoms with van der Waals surface area (Å²) in [6.45, 7) is 0. The average Bonchev–Trinajstić information content (AvgIpc) is 3.07. The smallest absolute Gasteiger partial charge is 0.375 e. The summed E-state index contributed by atoms with van der Waals surface area (Å²) in [5.41, 5.74) is 2.23. The van der Waals surface area contributed by atoms with E-state index in [0.29, 0.717) is 28.3 Å². The lowest BCUT2D eigenvalue weighted by Crippen LogP contribution is -1.97. The molecule has 0 fully saturated rings. The summed E-state index contributed by atoms with van der Waals surface area (Å²) in [6, 6.07) is 14.2. The van der Waals surface area contributed by atoms with Gasteiger partial charge in [-0.05, 0) is 42.0 Å². The van der Waals surface area contributed by atoms with E-state index in [2.05, 4.69) is 5.16 Å². The first kappa shape index (κ1) is 15.6. The first-order valence-electron chi connectivity index (χ1n) is 7.16. The summed E-state index contributed by atoms with van der Waals surface area (Å²) in [7, 11) is 3.13. The Labute approximate surface area is 138 Å². The van der Waals surface area contributed by atoms with Gasteiger partial charge in [-0.15, -0.1) is 0 Å². The molecule has 0 aliphatic heterocycles. The normalized spacial score (nSPS) is 10.4. The molecule has 1 N–H and O–H groups in total. The summed E-state index contributed by atoms with van der Waals surface area (Å²) < 4.78 is 15.4. The molecule has 1 heterocycles. The number of carbonyl (C=O) groups is 1. The van der Waals surface area contributed by atoms with Crippen LogP contribution in [0.4, 0.5) is 0 Å². The third-order valence-corrected chi connectivity index (χ3v) is 3.61. The Morgan fingerprint density at radius 2 is 1.71 bits per heavy atom. The van der Waals surface area contributed by atoms with Crippen molar-refractivity contribution in [1.82, 2.24) is 5.16 Å². The number of methoxy groups -OCH3 is 2. The van der Waals surface area contributed by atoms with Crippen LogP contribution in [0.1, 0.15) is 10.6 Å². The highest BCUT2D eigenvalue weighted by Crippen LogP contribution is 2.36. The molecule has 122 valence electrons. The summed E-state index contributed by atoms with van der Waals surface area (Å²) >= 11 is 0. The summed E-state index contributed by atoms with van der Waals surface area (Å²) in [6.07, 6.45) is 0. The lowest BCUT2D eigenvalue weighted by atomic mass is 9.99. The molecule has 3 aromatic rings. The molecule has 2 aromatic carbocycles. The fourth-order valence-electron chi connectivity index (χ4n) is 2.43. The number of nitrogens with zero attached hydrogens (tertiary/aromatic N) is 1. The minimum Gasteiger partial charge on any atom is -0.497 e. The Balaban J connectivity index is 2.18. The lowest BCUT2D eigenvalue weighted by molar-refractivity contribution is 0.0653. The van der Waals surface area contributed by atoms with E-state index in [1.807, 2.05) is 0 Å². The third-order valence-electron chi connectivity index (χ3n) is 3.61. The zero-order chi connectivity index (χ0) is 17.1. The van der Waals surface area contributed by atoms with Crippen molar-refractivity contribution in [3.05, 3.63) is 54.3 Å². The lowest BCUT2D eigenvalue weighted by Gasteiger charge is -2.06. The predicted octanol–water partition coefficient (Wildman–Crippen LogP) is 3.72. The molecule has 24 heavy (non-hydrogen) atoms. The van der Waals surface area contributed by atoms with Crippen molar-refractivity contribution >= 4 is 5.97 Å². The predicted molar refractivity (Wildman–Crippen MR) is 87.4 cm³/mol. The number of rotatable bonds is 5. The summed E-state index contributed by atoms with van der Waals surface area (Å²) in [5.74, 6) is -0.0801. The van der Waals surface area contributed by atoms with Crippen LogP contribution < -0.4 is 9.47 Å². The molecule has 6 nitrogen and oxygen atoms in total. The molecule has 0 spiro atoms. The van der Waals surface area contributed by atoms with E-state index in [0.717, 1.165) is 5.56 Å². The molecule has 3 rings (SSSR count). The zero-order valence-corrected chi connectivity index (χ0v) is 13.1. The van der Waals surface area contributed by atoms with Gasteiger partial charge in [-0.3, -0.25) is 0 Å². The third kappa shape index (κ3) is 2.81.